The van der Waals surface area contributed by atoms with E-state index in [-0.39, 0.29) is 17.9 Å². The summed E-state index contributed by atoms with van der Waals surface area (Å²) in [4.78, 5) is 29.5. The van der Waals surface area contributed by atoms with Crippen LogP contribution in [0.1, 0.15) is 42.5 Å². The molecule has 152 valence electrons. The fraction of sp³-hybridized carbons (Fsp3) is 0.417. The summed E-state index contributed by atoms with van der Waals surface area (Å²) >= 11 is 0. The van der Waals surface area contributed by atoms with Gasteiger partial charge in [-0.3, -0.25) is 14.5 Å². The molecule has 1 fully saturated rings. The van der Waals surface area contributed by atoms with Crippen LogP contribution in [-0.4, -0.2) is 47.3 Å². The SMILES string of the molecule is CC(=O)N1CCc2ccccc2[C@@H]1C(=O)NC1CCN(Cc2ccccc2)CC1. The van der Waals surface area contributed by atoms with Crippen molar-refractivity contribution in [3.63, 3.8) is 0 Å². The molecule has 5 heteroatoms. The van der Waals surface area contributed by atoms with Crippen LogP contribution >= 0.6 is 0 Å². The Bertz CT molecular complexity index is 859. The minimum atomic E-state index is -0.514. The minimum Gasteiger partial charge on any atom is -0.351 e. The molecular weight excluding hydrogens is 362 g/mol. The molecule has 0 aromatic heterocycles. The molecule has 2 amide bonds. The molecule has 4 rings (SSSR count). The number of rotatable bonds is 4. The number of nitrogens with one attached hydrogen (secondary N) is 1. The second kappa shape index (κ2) is 8.78. The van der Waals surface area contributed by atoms with E-state index in [1.54, 1.807) is 11.8 Å². The van der Waals surface area contributed by atoms with Crippen LogP contribution in [0.2, 0.25) is 0 Å². The summed E-state index contributed by atoms with van der Waals surface area (Å²) in [5.41, 5.74) is 3.46. The largest absolute Gasteiger partial charge is 0.351 e. The number of benzene rings is 2. The van der Waals surface area contributed by atoms with Gasteiger partial charge in [-0.05, 0) is 36.0 Å². The first kappa shape index (κ1) is 19.6. The van der Waals surface area contributed by atoms with Gasteiger partial charge in [0.25, 0.3) is 0 Å². The van der Waals surface area contributed by atoms with E-state index in [0.29, 0.717) is 6.54 Å². The van der Waals surface area contributed by atoms with E-state index in [1.807, 2.05) is 24.3 Å². The fourth-order valence-electron chi connectivity index (χ4n) is 4.55. The van der Waals surface area contributed by atoms with Gasteiger partial charge in [0.1, 0.15) is 6.04 Å². The zero-order valence-corrected chi connectivity index (χ0v) is 17.0. The van der Waals surface area contributed by atoms with Gasteiger partial charge >= 0.3 is 0 Å². The number of fused-ring (bicyclic) bond motifs is 1. The summed E-state index contributed by atoms with van der Waals surface area (Å²) in [6, 6.07) is 18.2. The lowest BCUT2D eigenvalue weighted by Gasteiger charge is -2.38. The van der Waals surface area contributed by atoms with Gasteiger partial charge in [0, 0.05) is 39.1 Å². The Hall–Kier alpha value is -2.66. The number of piperidine rings is 1. The molecule has 5 nitrogen and oxygen atoms in total. The number of nitrogens with zero attached hydrogens (tertiary/aromatic N) is 2. The Labute approximate surface area is 172 Å². The first-order valence-electron chi connectivity index (χ1n) is 10.5. The third-order valence-corrected chi connectivity index (χ3v) is 6.12. The van der Waals surface area contributed by atoms with E-state index in [9.17, 15) is 9.59 Å². The first-order chi connectivity index (χ1) is 14.1. The van der Waals surface area contributed by atoms with Crippen LogP contribution in [0.4, 0.5) is 0 Å². The predicted molar refractivity (Wildman–Crippen MR) is 113 cm³/mol. The Morgan fingerprint density at radius 3 is 2.38 bits per heavy atom. The smallest absolute Gasteiger partial charge is 0.247 e. The van der Waals surface area contributed by atoms with Crippen LogP contribution < -0.4 is 5.32 Å². The van der Waals surface area contributed by atoms with E-state index < -0.39 is 6.04 Å². The van der Waals surface area contributed by atoms with Crippen molar-refractivity contribution < 1.29 is 9.59 Å². The minimum absolute atomic E-state index is 0.0441. The molecule has 29 heavy (non-hydrogen) atoms. The number of carbonyl (C=O) groups is 2. The monoisotopic (exact) mass is 391 g/mol. The standard InChI is InChI=1S/C24H29N3O2/c1-18(28)27-16-11-20-9-5-6-10-22(20)23(27)24(29)25-21-12-14-26(15-13-21)17-19-7-3-2-4-8-19/h2-10,21,23H,11-17H2,1H3,(H,25,29)/t23-/m1/s1. The zero-order chi connectivity index (χ0) is 20.2. The zero-order valence-electron chi connectivity index (χ0n) is 17.0. The average molecular weight is 392 g/mol. The highest BCUT2D eigenvalue weighted by Crippen LogP contribution is 2.30. The van der Waals surface area contributed by atoms with Gasteiger partial charge in [0.05, 0.1) is 0 Å². The van der Waals surface area contributed by atoms with Crippen LogP contribution in [0.3, 0.4) is 0 Å². The van der Waals surface area contributed by atoms with Crippen molar-refractivity contribution in [2.75, 3.05) is 19.6 Å². The van der Waals surface area contributed by atoms with Crippen molar-refractivity contribution in [1.82, 2.24) is 15.1 Å². The molecule has 1 N–H and O–H groups in total. The topological polar surface area (TPSA) is 52.7 Å². The van der Waals surface area contributed by atoms with Crippen LogP contribution in [0.25, 0.3) is 0 Å². The quantitative estimate of drug-likeness (QED) is 0.872. The molecule has 1 atom stereocenters. The highest BCUT2D eigenvalue weighted by atomic mass is 16.2. The van der Waals surface area contributed by atoms with Crippen molar-refractivity contribution in [2.45, 2.75) is 44.8 Å². The number of likely N-dealkylation sites (tertiary alicyclic amines) is 1. The second-order valence-electron chi connectivity index (χ2n) is 8.11. The third kappa shape index (κ3) is 4.51. The maximum absolute atomic E-state index is 13.2. The fourth-order valence-corrected chi connectivity index (χ4v) is 4.55. The summed E-state index contributed by atoms with van der Waals surface area (Å²) < 4.78 is 0. The van der Waals surface area contributed by atoms with Crippen molar-refractivity contribution in [2.24, 2.45) is 0 Å². The van der Waals surface area contributed by atoms with Gasteiger partial charge in [-0.1, -0.05) is 54.6 Å². The molecule has 0 bridgehead atoms. The highest BCUT2D eigenvalue weighted by molar-refractivity contribution is 5.89. The highest BCUT2D eigenvalue weighted by Gasteiger charge is 2.35. The second-order valence-corrected chi connectivity index (χ2v) is 8.11. The summed E-state index contributed by atoms with van der Waals surface area (Å²) in [7, 11) is 0. The first-order valence-corrected chi connectivity index (χ1v) is 10.5. The molecule has 2 aromatic rings. The number of carbonyl (C=O) groups excluding carboxylic acids is 2. The summed E-state index contributed by atoms with van der Waals surface area (Å²) in [6.07, 6.45) is 2.68. The molecule has 0 saturated carbocycles. The van der Waals surface area contributed by atoms with E-state index in [4.69, 9.17) is 0 Å². The van der Waals surface area contributed by atoms with Crippen molar-refractivity contribution in [3.8, 4) is 0 Å². The molecule has 1 saturated heterocycles. The van der Waals surface area contributed by atoms with Gasteiger partial charge in [0.15, 0.2) is 0 Å². The van der Waals surface area contributed by atoms with Gasteiger partial charge in [-0.2, -0.15) is 0 Å². The van der Waals surface area contributed by atoms with E-state index in [2.05, 4.69) is 40.5 Å². The van der Waals surface area contributed by atoms with Crippen LogP contribution in [0, 0.1) is 0 Å². The third-order valence-electron chi connectivity index (χ3n) is 6.12. The van der Waals surface area contributed by atoms with E-state index >= 15 is 0 Å². The number of hydrogen-bond donors (Lipinski definition) is 1. The summed E-state index contributed by atoms with van der Waals surface area (Å²) in [5, 5.41) is 3.24. The van der Waals surface area contributed by atoms with Crippen molar-refractivity contribution in [1.29, 1.82) is 0 Å². The van der Waals surface area contributed by atoms with E-state index in [0.717, 1.165) is 44.5 Å². The maximum Gasteiger partial charge on any atom is 0.247 e. The van der Waals surface area contributed by atoms with Crippen LogP contribution in [0.5, 0.6) is 0 Å². The lowest BCUT2D eigenvalue weighted by atomic mass is 9.91. The Morgan fingerprint density at radius 1 is 0.966 bits per heavy atom. The normalized spacial score (nSPS) is 20.2. The van der Waals surface area contributed by atoms with Gasteiger partial charge in [-0.15, -0.1) is 0 Å². The van der Waals surface area contributed by atoms with E-state index in [1.165, 1.54) is 11.1 Å². The maximum atomic E-state index is 13.2. The van der Waals surface area contributed by atoms with Gasteiger partial charge < -0.3 is 10.2 Å². The predicted octanol–water partition coefficient (Wildman–Crippen LogP) is 2.91. The Kier molecular flexibility index (Phi) is 5.95. The Morgan fingerprint density at radius 2 is 1.66 bits per heavy atom. The van der Waals surface area contributed by atoms with Crippen molar-refractivity contribution >= 4 is 11.8 Å². The van der Waals surface area contributed by atoms with Gasteiger partial charge in [0.2, 0.25) is 11.8 Å². The van der Waals surface area contributed by atoms with Crippen LogP contribution in [-0.2, 0) is 22.6 Å². The molecule has 0 aliphatic carbocycles. The lowest BCUT2D eigenvalue weighted by Crippen LogP contribution is -2.51. The molecule has 0 radical (unpaired) electrons. The number of amides is 2. The molecular formula is C24H29N3O2. The molecule has 0 spiro atoms. The lowest BCUT2D eigenvalue weighted by molar-refractivity contribution is -0.140. The molecule has 2 aromatic carbocycles. The number of hydrogen-bond acceptors (Lipinski definition) is 3. The Balaban J connectivity index is 1.38. The molecule has 2 heterocycles. The summed E-state index contributed by atoms with van der Waals surface area (Å²) in [5.74, 6) is -0.0915. The van der Waals surface area contributed by atoms with Gasteiger partial charge in [-0.25, -0.2) is 0 Å². The van der Waals surface area contributed by atoms with Crippen molar-refractivity contribution in [3.05, 3.63) is 71.3 Å². The molecule has 0 unspecified atom stereocenters. The summed E-state index contributed by atoms with van der Waals surface area (Å²) in [6.45, 7) is 5.04. The molecule has 2 aliphatic heterocycles. The van der Waals surface area contributed by atoms with Crippen LogP contribution in [0.15, 0.2) is 54.6 Å². The average Bonchev–Trinajstić information content (AvgIpc) is 2.75. The molecule has 2 aliphatic rings.